The first-order valence-corrected chi connectivity index (χ1v) is 8.22. The molecular formula is C15H21N3O2S. The van der Waals surface area contributed by atoms with Crippen molar-refractivity contribution < 1.29 is 8.42 Å². The van der Waals surface area contributed by atoms with Crippen LogP contribution in [0.1, 0.15) is 28.1 Å². The van der Waals surface area contributed by atoms with Crippen LogP contribution in [0.25, 0.3) is 0 Å². The van der Waals surface area contributed by atoms with E-state index in [9.17, 15) is 8.42 Å². The average Bonchev–Trinajstić information content (AvgIpc) is 2.58. The third-order valence-corrected chi connectivity index (χ3v) is 5.23. The van der Waals surface area contributed by atoms with E-state index in [1.807, 2.05) is 32.9 Å². The molecule has 0 unspecified atom stereocenters. The molecule has 0 bridgehead atoms. The Morgan fingerprint density at radius 3 is 2.00 bits per heavy atom. The van der Waals surface area contributed by atoms with Crippen LogP contribution in [0, 0.1) is 34.6 Å². The summed E-state index contributed by atoms with van der Waals surface area (Å²) in [4.78, 5) is 0.254. The summed E-state index contributed by atoms with van der Waals surface area (Å²) in [6.07, 6.45) is 0. The molecular weight excluding hydrogens is 286 g/mol. The number of sulfonamides is 1. The van der Waals surface area contributed by atoms with Crippen LogP contribution >= 0.6 is 0 Å². The molecule has 6 heteroatoms. The third-order valence-electron chi connectivity index (χ3n) is 3.62. The Kier molecular flexibility index (Phi) is 3.84. The molecule has 1 N–H and O–H groups in total. The van der Waals surface area contributed by atoms with Crippen LogP contribution in [-0.4, -0.2) is 18.2 Å². The van der Waals surface area contributed by atoms with Crippen LogP contribution in [0.5, 0.6) is 0 Å². The molecule has 1 aromatic heterocycles. The minimum Gasteiger partial charge on any atom is -0.279 e. The molecule has 0 saturated carbocycles. The fourth-order valence-corrected chi connectivity index (χ4v) is 4.31. The third kappa shape index (κ3) is 2.81. The van der Waals surface area contributed by atoms with Crippen LogP contribution in [0.3, 0.4) is 0 Å². The molecule has 0 spiro atoms. The Balaban J connectivity index is 2.53. The molecule has 0 amide bonds. The Morgan fingerprint density at radius 2 is 1.57 bits per heavy atom. The fourth-order valence-electron chi connectivity index (χ4n) is 2.67. The molecule has 0 atom stereocenters. The normalized spacial score (nSPS) is 11.7. The van der Waals surface area contributed by atoms with Crippen molar-refractivity contribution >= 4 is 15.7 Å². The Labute approximate surface area is 126 Å². The van der Waals surface area contributed by atoms with Crippen LogP contribution in [-0.2, 0) is 17.1 Å². The van der Waals surface area contributed by atoms with Gasteiger partial charge in [-0.15, -0.1) is 0 Å². The van der Waals surface area contributed by atoms with Crippen molar-refractivity contribution in [2.75, 3.05) is 4.72 Å². The minimum absolute atomic E-state index is 0.254. The number of benzene rings is 1. The highest BCUT2D eigenvalue weighted by Gasteiger charge is 2.24. The Morgan fingerprint density at radius 1 is 1.05 bits per heavy atom. The number of aryl methyl sites for hydroxylation is 5. The van der Waals surface area contributed by atoms with E-state index in [1.165, 1.54) is 0 Å². The van der Waals surface area contributed by atoms with Crippen LogP contribution in [0.2, 0.25) is 0 Å². The van der Waals surface area contributed by atoms with Gasteiger partial charge in [0.2, 0.25) is 0 Å². The molecule has 1 aromatic carbocycles. The van der Waals surface area contributed by atoms with Gasteiger partial charge < -0.3 is 0 Å². The summed E-state index contributed by atoms with van der Waals surface area (Å²) < 4.78 is 29.7. The van der Waals surface area contributed by atoms with Gasteiger partial charge in [-0.3, -0.25) is 9.40 Å². The second kappa shape index (κ2) is 5.18. The number of hydrogen-bond donors (Lipinski definition) is 1. The van der Waals surface area contributed by atoms with E-state index in [0.717, 1.165) is 16.7 Å². The molecule has 0 aliphatic heterocycles. The van der Waals surface area contributed by atoms with Crippen molar-refractivity contribution in [3.05, 3.63) is 40.2 Å². The number of nitrogens with one attached hydrogen (secondary N) is 1. The number of nitrogens with zero attached hydrogens (tertiary/aromatic N) is 2. The molecule has 2 aromatic rings. The SMILES string of the molecule is Cc1cc(C)c(NS(=O)(=O)c2c(C)nn(C)c2C)c(C)c1. The van der Waals surface area contributed by atoms with Gasteiger partial charge in [0.05, 0.1) is 17.1 Å². The smallest absolute Gasteiger partial charge is 0.265 e. The van der Waals surface area contributed by atoms with Gasteiger partial charge in [-0.25, -0.2) is 8.42 Å². The van der Waals surface area contributed by atoms with Crippen molar-refractivity contribution in [1.29, 1.82) is 0 Å². The van der Waals surface area contributed by atoms with E-state index < -0.39 is 10.0 Å². The molecule has 2 rings (SSSR count). The molecule has 0 fully saturated rings. The van der Waals surface area contributed by atoms with Crippen molar-refractivity contribution in [3.63, 3.8) is 0 Å². The second-order valence-electron chi connectivity index (χ2n) is 5.50. The fraction of sp³-hybridized carbons (Fsp3) is 0.400. The summed E-state index contributed by atoms with van der Waals surface area (Å²) in [6, 6.07) is 3.93. The van der Waals surface area contributed by atoms with Crippen LogP contribution in [0.4, 0.5) is 5.69 Å². The van der Waals surface area contributed by atoms with E-state index in [2.05, 4.69) is 9.82 Å². The molecule has 114 valence electrons. The van der Waals surface area contributed by atoms with Gasteiger partial charge >= 0.3 is 0 Å². The Hall–Kier alpha value is -1.82. The molecule has 1 heterocycles. The summed E-state index contributed by atoms with van der Waals surface area (Å²) in [5.74, 6) is 0. The van der Waals surface area contributed by atoms with Gasteiger partial charge in [0.25, 0.3) is 10.0 Å². The maximum Gasteiger partial charge on any atom is 0.265 e. The topological polar surface area (TPSA) is 64.0 Å². The standard InChI is InChI=1S/C15H21N3O2S/c1-9-7-10(2)14(11(3)8-9)17-21(19,20)15-12(4)16-18(6)13(15)5/h7-8,17H,1-6H3. The predicted octanol–water partition coefficient (Wildman–Crippen LogP) is 2.76. The van der Waals surface area contributed by atoms with Gasteiger partial charge in [-0.2, -0.15) is 5.10 Å². The summed E-state index contributed by atoms with van der Waals surface area (Å²) in [5.41, 5.74) is 4.71. The molecule has 0 aliphatic rings. The monoisotopic (exact) mass is 307 g/mol. The first-order chi connectivity index (χ1) is 9.63. The lowest BCUT2D eigenvalue weighted by molar-refractivity contribution is 0.599. The highest BCUT2D eigenvalue weighted by molar-refractivity contribution is 7.92. The second-order valence-corrected chi connectivity index (χ2v) is 7.12. The average molecular weight is 307 g/mol. The molecule has 0 aliphatic carbocycles. The van der Waals surface area contributed by atoms with E-state index in [4.69, 9.17) is 0 Å². The van der Waals surface area contributed by atoms with Gasteiger partial charge in [-0.1, -0.05) is 17.7 Å². The van der Waals surface area contributed by atoms with E-state index in [0.29, 0.717) is 17.1 Å². The molecule has 5 nitrogen and oxygen atoms in total. The highest BCUT2D eigenvalue weighted by Crippen LogP contribution is 2.27. The van der Waals surface area contributed by atoms with Gasteiger partial charge in [0.15, 0.2) is 0 Å². The lowest BCUT2D eigenvalue weighted by Gasteiger charge is -2.14. The lowest BCUT2D eigenvalue weighted by Crippen LogP contribution is -2.16. The molecule has 0 saturated heterocycles. The zero-order valence-electron chi connectivity index (χ0n) is 13.3. The van der Waals surface area contributed by atoms with Crippen LogP contribution < -0.4 is 4.72 Å². The van der Waals surface area contributed by atoms with Gasteiger partial charge in [0, 0.05) is 7.05 Å². The maximum atomic E-state index is 12.7. The summed E-state index contributed by atoms with van der Waals surface area (Å²) in [7, 11) is -1.91. The zero-order valence-corrected chi connectivity index (χ0v) is 14.1. The quantitative estimate of drug-likeness (QED) is 0.948. The van der Waals surface area contributed by atoms with Crippen molar-refractivity contribution in [2.45, 2.75) is 39.5 Å². The minimum atomic E-state index is -3.65. The number of aromatic nitrogens is 2. The van der Waals surface area contributed by atoms with Crippen molar-refractivity contribution in [3.8, 4) is 0 Å². The maximum absolute atomic E-state index is 12.7. The number of rotatable bonds is 3. The Bertz CT molecular complexity index is 782. The van der Waals surface area contributed by atoms with E-state index >= 15 is 0 Å². The number of hydrogen-bond acceptors (Lipinski definition) is 3. The van der Waals surface area contributed by atoms with Crippen molar-refractivity contribution in [1.82, 2.24) is 9.78 Å². The van der Waals surface area contributed by atoms with Crippen LogP contribution in [0.15, 0.2) is 17.0 Å². The largest absolute Gasteiger partial charge is 0.279 e. The molecule has 21 heavy (non-hydrogen) atoms. The molecule has 0 radical (unpaired) electrons. The predicted molar refractivity (Wildman–Crippen MR) is 84.1 cm³/mol. The van der Waals surface area contributed by atoms with E-state index in [1.54, 1.807) is 25.6 Å². The zero-order chi connectivity index (χ0) is 15.9. The summed E-state index contributed by atoms with van der Waals surface area (Å²) >= 11 is 0. The lowest BCUT2D eigenvalue weighted by atomic mass is 10.1. The highest BCUT2D eigenvalue weighted by atomic mass is 32.2. The van der Waals surface area contributed by atoms with E-state index in [-0.39, 0.29) is 4.90 Å². The first-order valence-electron chi connectivity index (χ1n) is 6.74. The summed E-state index contributed by atoms with van der Waals surface area (Å²) in [5, 5.41) is 4.17. The van der Waals surface area contributed by atoms with Gasteiger partial charge in [0.1, 0.15) is 4.90 Å². The number of anilines is 1. The first kappa shape index (κ1) is 15.6. The van der Waals surface area contributed by atoms with Crippen molar-refractivity contribution in [2.24, 2.45) is 7.05 Å². The van der Waals surface area contributed by atoms with Gasteiger partial charge in [-0.05, 0) is 45.7 Å². The summed E-state index contributed by atoms with van der Waals surface area (Å²) in [6.45, 7) is 9.26.